The molecule has 4 heteroatoms. The highest BCUT2D eigenvalue weighted by atomic mass is 16.2. The molecule has 1 aliphatic carbocycles. The van der Waals surface area contributed by atoms with E-state index in [9.17, 15) is 9.59 Å². The summed E-state index contributed by atoms with van der Waals surface area (Å²) in [6.07, 6.45) is 6.59. The van der Waals surface area contributed by atoms with Crippen LogP contribution in [0.2, 0.25) is 0 Å². The predicted molar refractivity (Wildman–Crippen MR) is 75.0 cm³/mol. The lowest BCUT2D eigenvalue weighted by Crippen LogP contribution is -2.46. The van der Waals surface area contributed by atoms with Crippen LogP contribution in [0.15, 0.2) is 53.8 Å². The third kappa shape index (κ3) is 2.50. The van der Waals surface area contributed by atoms with Crippen molar-refractivity contribution in [2.75, 3.05) is 0 Å². The maximum Gasteiger partial charge on any atom is 0.249 e. The number of hydrogen-bond acceptors (Lipinski definition) is 3. The SMILES string of the molecule is O=C1NNC2=C[CH]CC(=C2)C(=O)C1Cc1ccccc1. The molecule has 1 aromatic carbocycles. The van der Waals surface area contributed by atoms with E-state index in [2.05, 4.69) is 10.9 Å². The molecule has 20 heavy (non-hydrogen) atoms. The van der Waals surface area contributed by atoms with Crippen molar-refractivity contribution in [3.05, 3.63) is 65.7 Å². The zero-order chi connectivity index (χ0) is 13.9. The molecule has 0 aromatic heterocycles. The summed E-state index contributed by atoms with van der Waals surface area (Å²) in [7, 11) is 0. The van der Waals surface area contributed by atoms with Gasteiger partial charge >= 0.3 is 0 Å². The van der Waals surface area contributed by atoms with Crippen molar-refractivity contribution < 1.29 is 9.59 Å². The number of hydrogen-bond donors (Lipinski definition) is 2. The van der Waals surface area contributed by atoms with E-state index in [-0.39, 0.29) is 11.7 Å². The van der Waals surface area contributed by atoms with Crippen molar-refractivity contribution in [1.82, 2.24) is 10.9 Å². The number of carbonyl (C=O) groups excluding carboxylic acids is 2. The fourth-order valence-corrected chi connectivity index (χ4v) is 2.46. The number of allylic oxidation sites excluding steroid dienone is 3. The van der Waals surface area contributed by atoms with Crippen LogP contribution in [-0.2, 0) is 16.0 Å². The Hall–Kier alpha value is -2.36. The van der Waals surface area contributed by atoms with Crippen LogP contribution < -0.4 is 10.9 Å². The molecule has 0 spiro atoms. The van der Waals surface area contributed by atoms with E-state index < -0.39 is 5.92 Å². The second-order valence-electron chi connectivity index (χ2n) is 4.95. The van der Waals surface area contributed by atoms with Crippen molar-refractivity contribution in [2.45, 2.75) is 12.8 Å². The Labute approximate surface area is 117 Å². The summed E-state index contributed by atoms with van der Waals surface area (Å²) >= 11 is 0. The molecule has 2 aliphatic rings. The van der Waals surface area contributed by atoms with Crippen LogP contribution in [0.5, 0.6) is 0 Å². The predicted octanol–water partition coefficient (Wildman–Crippen LogP) is 1.47. The molecule has 1 unspecified atom stereocenters. The smallest absolute Gasteiger partial charge is 0.249 e. The minimum absolute atomic E-state index is 0.0882. The molecule has 1 aliphatic heterocycles. The summed E-state index contributed by atoms with van der Waals surface area (Å²) in [6, 6.07) is 9.60. The lowest BCUT2D eigenvalue weighted by Gasteiger charge is -2.24. The lowest BCUT2D eigenvalue weighted by molar-refractivity contribution is -0.133. The summed E-state index contributed by atoms with van der Waals surface area (Å²) in [5, 5.41) is 0. The van der Waals surface area contributed by atoms with Gasteiger partial charge in [-0.3, -0.25) is 20.4 Å². The molecule has 1 heterocycles. The molecule has 0 saturated carbocycles. The van der Waals surface area contributed by atoms with Gasteiger partial charge in [0.15, 0.2) is 5.78 Å². The first-order valence-corrected chi connectivity index (χ1v) is 6.62. The van der Waals surface area contributed by atoms with Crippen molar-refractivity contribution >= 4 is 11.7 Å². The van der Waals surface area contributed by atoms with Gasteiger partial charge in [0.2, 0.25) is 5.91 Å². The van der Waals surface area contributed by atoms with Gasteiger partial charge in [0.1, 0.15) is 5.92 Å². The van der Waals surface area contributed by atoms with Crippen molar-refractivity contribution in [3.63, 3.8) is 0 Å². The van der Waals surface area contributed by atoms with Crippen LogP contribution in [0.25, 0.3) is 0 Å². The van der Waals surface area contributed by atoms with Gasteiger partial charge in [-0.2, -0.15) is 0 Å². The van der Waals surface area contributed by atoms with E-state index >= 15 is 0 Å². The zero-order valence-corrected chi connectivity index (χ0v) is 10.9. The average Bonchev–Trinajstić information content (AvgIpc) is 2.50. The number of benzene rings is 1. The second-order valence-corrected chi connectivity index (χ2v) is 4.95. The number of rotatable bonds is 2. The Morgan fingerprint density at radius 2 is 1.90 bits per heavy atom. The van der Waals surface area contributed by atoms with E-state index in [4.69, 9.17) is 0 Å². The van der Waals surface area contributed by atoms with Crippen molar-refractivity contribution in [2.24, 2.45) is 5.92 Å². The van der Waals surface area contributed by atoms with E-state index in [0.29, 0.717) is 18.4 Å². The fraction of sp³-hybridized carbons (Fsp3) is 0.188. The standard InChI is InChI=1S/C16H15N2O2/c19-15-12-7-4-8-13(10-12)17-18-16(20)14(15)9-11-5-2-1-3-6-11/h1-6,8,10,14,17H,7,9H2,(H,18,20). The fourth-order valence-electron chi connectivity index (χ4n) is 2.46. The van der Waals surface area contributed by atoms with Crippen molar-refractivity contribution in [1.29, 1.82) is 0 Å². The van der Waals surface area contributed by atoms with E-state index in [0.717, 1.165) is 11.3 Å². The quantitative estimate of drug-likeness (QED) is 0.798. The van der Waals surface area contributed by atoms with Gasteiger partial charge in [-0.05, 0) is 36.5 Å². The summed E-state index contributed by atoms with van der Waals surface area (Å²) in [6.45, 7) is 0. The Bertz CT molecular complexity index is 602. The highest BCUT2D eigenvalue weighted by Gasteiger charge is 2.31. The van der Waals surface area contributed by atoms with Crippen LogP contribution in [0.3, 0.4) is 0 Å². The molecule has 1 amide bonds. The molecule has 0 fully saturated rings. The number of hydrazine groups is 1. The Morgan fingerprint density at radius 1 is 1.10 bits per heavy atom. The number of amides is 1. The van der Waals surface area contributed by atoms with Crippen LogP contribution >= 0.6 is 0 Å². The van der Waals surface area contributed by atoms with Gasteiger partial charge in [0, 0.05) is 0 Å². The van der Waals surface area contributed by atoms with Gasteiger partial charge in [0.05, 0.1) is 5.70 Å². The van der Waals surface area contributed by atoms with Gasteiger partial charge < -0.3 is 0 Å². The molecule has 0 saturated heterocycles. The molecule has 1 aromatic rings. The monoisotopic (exact) mass is 267 g/mol. The van der Waals surface area contributed by atoms with E-state index in [1.165, 1.54) is 0 Å². The minimum Gasteiger partial charge on any atom is -0.299 e. The molecule has 2 bridgehead atoms. The van der Waals surface area contributed by atoms with Crippen LogP contribution in [0.4, 0.5) is 0 Å². The molecule has 101 valence electrons. The molecule has 3 rings (SSSR count). The summed E-state index contributed by atoms with van der Waals surface area (Å²) in [5.74, 6) is -1.05. The molecule has 2 N–H and O–H groups in total. The van der Waals surface area contributed by atoms with Gasteiger partial charge in [-0.15, -0.1) is 0 Å². The molecule has 4 nitrogen and oxygen atoms in total. The van der Waals surface area contributed by atoms with Crippen LogP contribution in [0.1, 0.15) is 12.0 Å². The Kier molecular flexibility index (Phi) is 3.37. The van der Waals surface area contributed by atoms with Gasteiger partial charge in [-0.25, -0.2) is 0 Å². The van der Waals surface area contributed by atoms with Gasteiger partial charge in [0.25, 0.3) is 0 Å². The van der Waals surface area contributed by atoms with Crippen molar-refractivity contribution in [3.8, 4) is 0 Å². The number of carbonyl (C=O) groups is 2. The Balaban J connectivity index is 1.88. The Morgan fingerprint density at radius 3 is 2.70 bits per heavy atom. The van der Waals surface area contributed by atoms with E-state index in [1.54, 1.807) is 6.08 Å². The maximum atomic E-state index is 12.5. The average molecular weight is 267 g/mol. The van der Waals surface area contributed by atoms with Crippen LogP contribution in [-0.4, -0.2) is 11.7 Å². The molecule has 1 atom stereocenters. The third-order valence-corrected chi connectivity index (χ3v) is 3.53. The summed E-state index contributed by atoms with van der Waals surface area (Å²) in [5.41, 5.74) is 7.85. The number of ketones is 1. The zero-order valence-electron chi connectivity index (χ0n) is 10.9. The van der Waals surface area contributed by atoms with E-state index in [1.807, 2.05) is 42.8 Å². The number of nitrogens with one attached hydrogen (secondary N) is 2. The maximum absolute atomic E-state index is 12.5. The molecule has 1 radical (unpaired) electrons. The molecular weight excluding hydrogens is 252 g/mol. The number of fused-ring (bicyclic) bond motifs is 1. The lowest BCUT2D eigenvalue weighted by atomic mass is 9.86. The highest BCUT2D eigenvalue weighted by molar-refractivity contribution is 6.10. The number of Topliss-reactive ketones (excluding diaryl/α,β-unsaturated/α-hetero) is 1. The third-order valence-electron chi connectivity index (χ3n) is 3.53. The summed E-state index contributed by atoms with van der Waals surface area (Å²) < 4.78 is 0. The molecular formula is C16H15N2O2. The van der Waals surface area contributed by atoms with Crippen LogP contribution in [0, 0.1) is 12.3 Å². The normalized spacial score (nSPS) is 21.9. The second kappa shape index (κ2) is 5.33. The first kappa shape index (κ1) is 12.7. The first-order chi connectivity index (χ1) is 9.74. The summed E-state index contributed by atoms with van der Waals surface area (Å²) in [4.78, 5) is 24.7. The first-order valence-electron chi connectivity index (χ1n) is 6.62. The topological polar surface area (TPSA) is 58.2 Å². The van der Waals surface area contributed by atoms with Gasteiger partial charge in [-0.1, -0.05) is 36.4 Å². The largest absolute Gasteiger partial charge is 0.299 e. The minimum atomic E-state index is -0.677. The highest BCUT2D eigenvalue weighted by Crippen LogP contribution is 2.23.